The van der Waals surface area contributed by atoms with E-state index in [4.69, 9.17) is 0 Å². The molecule has 3 nitrogen and oxygen atoms in total. The van der Waals surface area contributed by atoms with Crippen LogP contribution in [-0.4, -0.2) is 11.9 Å². The van der Waals surface area contributed by atoms with Crippen molar-refractivity contribution in [2.45, 2.75) is 32.1 Å². The molecule has 0 aliphatic rings. The zero-order chi connectivity index (χ0) is 18.4. The molecule has 2 aromatic carbocycles. The van der Waals surface area contributed by atoms with Crippen LogP contribution >= 0.6 is 0 Å². The number of benzene rings is 2. The van der Waals surface area contributed by atoms with Gasteiger partial charge in [0.15, 0.2) is 0 Å². The largest absolute Gasteiger partial charge is 0.418 e. The predicted molar refractivity (Wildman–Crippen MR) is 87.4 cm³/mol. The summed E-state index contributed by atoms with van der Waals surface area (Å²) in [4.78, 5) is 12.0. The van der Waals surface area contributed by atoms with E-state index in [2.05, 4.69) is 10.6 Å². The Hall–Kier alpha value is -2.41. The van der Waals surface area contributed by atoms with E-state index in [-0.39, 0.29) is 30.5 Å². The van der Waals surface area contributed by atoms with Crippen molar-refractivity contribution in [3.63, 3.8) is 0 Å². The lowest BCUT2D eigenvalue weighted by Crippen LogP contribution is -2.30. The second-order valence-electron chi connectivity index (χ2n) is 5.67. The molecule has 25 heavy (non-hydrogen) atoms. The van der Waals surface area contributed by atoms with Gasteiger partial charge in [0.1, 0.15) is 5.82 Å². The first kappa shape index (κ1) is 18.9. The molecule has 0 saturated carbocycles. The summed E-state index contributed by atoms with van der Waals surface area (Å²) in [6, 6.07) is 10.7. The molecule has 2 N–H and O–H groups in total. The average Bonchev–Trinajstić information content (AvgIpc) is 2.53. The highest BCUT2D eigenvalue weighted by Crippen LogP contribution is 2.34. The fraction of sp³-hybridized carbons (Fsp3) is 0.278. The third-order valence-corrected chi connectivity index (χ3v) is 3.60. The maximum atomic E-state index is 13.5. The topological polar surface area (TPSA) is 41.1 Å². The molecule has 0 bridgehead atoms. The quantitative estimate of drug-likeness (QED) is 0.757. The smallest absolute Gasteiger partial charge is 0.325 e. The summed E-state index contributed by atoms with van der Waals surface area (Å²) in [6.07, 6.45) is -4.58. The molecular formula is C18H18F4N2O. The lowest BCUT2D eigenvalue weighted by Gasteiger charge is -2.16. The average molecular weight is 354 g/mol. The molecule has 2 aromatic rings. The van der Waals surface area contributed by atoms with Gasteiger partial charge in [-0.3, -0.25) is 4.79 Å². The van der Waals surface area contributed by atoms with Crippen LogP contribution < -0.4 is 10.6 Å². The number of anilines is 1. The second kappa shape index (κ2) is 8.11. The van der Waals surface area contributed by atoms with E-state index in [1.165, 1.54) is 24.3 Å². The number of alkyl halides is 3. The van der Waals surface area contributed by atoms with Crippen molar-refractivity contribution >= 4 is 11.6 Å². The van der Waals surface area contributed by atoms with Gasteiger partial charge in [0.2, 0.25) is 5.91 Å². The Morgan fingerprint density at radius 2 is 1.72 bits per heavy atom. The highest BCUT2D eigenvalue weighted by molar-refractivity contribution is 5.92. The number of hydrogen-bond donors (Lipinski definition) is 2. The van der Waals surface area contributed by atoms with E-state index < -0.39 is 17.6 Å². The molecule has 2 rings (SSSR count). The monoisotopic (exact) mass is 354 g/mol. The molecule has 0 saturated heterocycles. The molecule has 0 spiro atoms. The minimum absolute atomic E-state index is 0.0410. The van der Waals surface area contributed by atoms with Crippen molar-refractivity contribution in [2.24, 2.45) is 0 Å². The molecule has 0 radical (unpaired) electrons. The van der Waals surface area contributed by atoms with Gasteiger partial charge in [-0.1, -0.05) is 30.3 Å². The summed E-state index contributed by atoms with van der Waals surface area (Å²) in [5.74, 6) is -0.906. The molecule has 134 valence electrons. The normalized spacial score (nSPS) is 12.7. The van der Waals surface area contributed by atoms with Gasteiger partial charge in [0.05, 0.1) is 11.3 Å². The highest BCUT2D eigenvalue weighted by Gasteiger charge is 2.33. The zero-order valence-corrected chi connectivity index (χ0v) is 13.5. The third-order valence-electron chi connectivity index (χ3n) is 3.60. The molecule has 0 aliphatic carbocycles. The fourth-order valence-corrected chi connectivity index (χ4v) is 2.32. The van der Waals surface area contributed by atoms with E-state index in [9.17, 15) is 22.4 Å². The zero-order valence-electron chi connectivity index (χ0n) is 13.5. The summed E-state index contributed by atoms with van der Waals surface area (Å²) >= 11 is 0. The van der Waals surface area contributed by atoms with Crippen LogP contribution in [0.1, 0.15) is 24.5 Å². The number of rotatable bonds is 6. The summed E-state index contributed by atoms with van der Waals surface area (Å²) < 4.78 is 52.2. The first-order valence-corrected chi connectivity index (χ1v) is 7.70. The van der Waals surface area contributed by atoms with Crippen LogP contribution in [0, 0.1) is 5.82 Å². The van der Waals surface area contributed by atoms with Gasteiger partial charge in [-0.25, -0.2) is 4.39 Å². The van der Waals surface area contributed by atoms with Gasteiger partial charge in [0, 0.05) is 24.6 Å². The van der Waals surface area contributed by atoms with Gasteiger partial charge in [-0.2, -0.15) is 13.2 Å². The summed E-state index contributed by atoms with van der Waals surface area (Å²) in [5.41, 5.74) is -0.714. The standard InChI is InChI=1S/C18H18F4N2O/c1-12(23-11-13-6-2-4-8-15(13)19)10-17(25)24-16-9-5-3-7-14(16)18(20,21)22/h2-9,12,23H,10-11H2,1H3,(H,24,25). The van der Waals surface area contributed by atoms with Crippen LogP contribution in [0.4, 0.5) is 23.2 Å². The number of carbonyl (C=O) groups is 1. The SMILES string of the molecule is CC(CC(=O)Nc1ccccc1C(F)(F)F)NCc1ccccc1F. The second-order valence-corrected chi connectivity index (χ2v) is 5.67. The van der Waals surface area contributed by atoms with E-state index in [0.717, 1.165) is 6.07 Å². The van der Waals surface area contributed by atoms with Gasteiger partial charge < -0.3 is 10.6 Å². The number of nitrogens with one attached hydrogen (secondary N) is 2. The van der Waals surface area contributed by atoms with Crippen LogP contribution in [0.2, 0.25) is 0 Å². The Labute approximate surface area is 143 Å². The number of hydrogen-bond acceptors (Lipinski definition) is 2. The lowest BCUT2D eigenvalue weighted by atomic mass is 10.1. The van der Waals surface area contributed by atoms with E-state index in [1.54, 1.807) is 25.1 Å². The third kappa shape index (κ3) is 5.56. The van der Waals surface area contributed by atoms with Crippen LogP contribution in [-0.2, 0) is 17.5 Å². The number of carbonyl (C=O) groups excluding carboxylic acids is 1. The van der Waals surface area contributed by atoms with Crippen molar-refractivity contribution in [1.29, 1.82) is 0 Å². The van der Waals surface area contributed by atoms with Crippen molar-refractivity contribution < 1.29 is 22.4 Å². The Morgan fingerprint density at radius 1 is 1.08 bits per heavy atom. The van der Waals surface area contributed by atoms with Crippen molar-refractivity contribution in [1.82, 2.24) is 5.32 Å². The molecular weight excluding hydrogens is 336 g/mol. The van der Waals surface area contributed by atoms with E-state index in [1.807, 2.05) is 0 Å². The Bertz CT molecular complexity index is 731. The summed E-state index contributed by atoms with van der Waals surface area (Å²) in [6.45, 7) is 1.93. The minimum atomic E-state index is -4.54. The summed E-state index contributed by atoms with van der Waals surface area (Å²) in [7, 11) is 0. The first-order chi connectivity index (χ1) is 11.8. The lowest BCUT2D eigenvalue weighted by molar-refractivity contribution is -0.137. The number of halogens is 4. The van der Waals surface area contributed by atoms with Crippen LogP contribution in [0.25, 0.3) is 0 Å². The number of para-hydroxylation sites is 1. The Morgan fingerprint density at radius 3 is 2.40 bits per heavy atom. The van der Waals surface area contributed by atoms with E-state index in [0.29, 0.717) is 5.56 Å². The van der Waals surface area contributed by atoms with Crippen LogP contribution in [0.5, 0.6) is 0 Å². The van der Waals surface area contributed by atoms with E-state index >= 15 is 0 Å². The molecule has 7 heteroatoms. The number of amides is 1. The molecule has 0 aromatic heterocycles. The van der Waals surface area contributed by atoms with Crippen LogP contribution in [0.3, 0.4) is 0 Å². The molecule has 1 atom stereocenters. The van der Waals surface area contributed by atoms with Crippen molar-refractivity contribution in [3.05, 3.63) is 65.5 Å². The maximum Gasteiger partial charge on any atom is 0.418 e. The van der Waals surface area contributed by atoms with Gasteiger partial charge in [-0.15, -0.1) is 0 Å². The first-order valence-electron chi connectivity index (χ1n) is 7.70. The maximum absolute atomic E-state index is 13.5. The van der Waals surface area contributed by atoms with Crippen LogP contribution in [0.15, 0.2) is 48.5 Å². The minimum Gasteiger partial charge on any atom is -0.325 e. The Balaban J connectivity index is 1.91. The molecule has 0 aliphatic heterocycles. The van der Waals surface area contributed by atoms with Crippen molar-refractivity contribution in [2.75, 3.05) is 5.32 Å². The molecule has 1 unspecified atom stereocenters. The van der Waals surface area contributed by atoms with Gasteiger partial charge in [0.25, 0.3) is 0 Å². The molecule has 1 amide bonds. The highest BCUT2D eigenvalue weighted by atomic mass is 19.4. The molecule has 0 heterocycles. The fourth-order valence-electron chi connectivity index (χ4n) is 2.32. The predicted octanol–water partition coefficient (Wildman–Crippen LogP) is 4.35. The Kier molecular flexibility index (Phi) is 6.14. The van der Waals surface area contributed by atoms with Gasteiger partial charge >= 0.3 is 6.18 Å². The molecule has 0 fully saturated rings. The van der Waals surface area contributed by atoms with Crippen molar-refractivity contribution in [3.8, 4) is 0 Å². The van der Waals surface area contributed by atoms with Gasteiger partial charge in [-0.05, 0) is 25.1 Å². The summed E-state index contributed by atoms with van der Waals surface area (Å²) in [5, 5.41) is 5.26.